The number of nitrogens with zero attached hydrogens (tertiary/aromatic N) is 3. The van der Waals surface area contributed by atoms with Gasteiger partial charge in [0.1, 0.15) is 5.69 Å². The van der Waals surface area contributed by atoms with Crippen LogP contribution in [0.1, 0.15) is 21.1 Å². The summed E-state index contributed by atoms with van der Waals surface area (Å²) in [6, 6.07) is 9.89. The van der Waals surface area contributed by atoms with Gasteiger partial charge in [0.25, 0.3) is 5.91 Å². The topological polar surface area (TPSA) is 45.7 Å². The summed E-state index contributed by atoms with van der Waals surface area (Å²) in [4.78, 5) is 22.9. The Morgan fingerprint density at radius 1 is 1.28 bits per heavy atom. The SMILES string of the molecule is Cc1cccc(C(=O)N2C[C@@H]3CN(Cc4cccs4)CCO[C@@H]3C2)n1. The zero-order valence-corrected chi connectivity index (χ0v) is 15.2. The van der Waals surface area contributed by atoms with Gasteiger partial charge in [0, 0.05) is 49.2 Å². The van der Waals surface area contributed by atoms with E-state index in [0.717, 1.165) is 38.5 Å². The van der Waals surface area contributed by atoms with Crippen LogP contribution in [-0.2, 0) is 11.3 Å². The second-order valence-electron chi connectivity index (χ2n) is 6.86. The van der Waals surface area contributed by atoms with Gasteiger partial charge in [-0.1, -0.05) is 12.1 Å². The van der Waals surface area contributed by atoms with Gasteiger partial charge in [0.15, 0.2) is 0 Å². The Labute approximate surface area is 152 Å². The fraction of sp³-hybridized carbons (Fsp3) is 0.474. The number of amides is 1. The second kappa shape index (κ2) is 7.23. The van der Waals surface area contributed by atoms with Crippen molar-refractivity contribution in [1.82, 2.24) is 14.8 Å². The molecule has 2 aromatic rings. The predicted octanol–water partition coefficient (Wildman–Crippen LogP) is 2.42. The molecule has 2 aliphatic rings. The lowest BCUT2D eigenvalue weighted by Gasteiger charge is -2.22. The van der Waals surface area contributed by atoms with Crippen LogP contribution < -0.4 is 0 Å². The summed E-state index contributed by atoms with van der Waals surface area (Å²) in [5.74, 6) is 0.390. The zero-order valence-electron chi connectivity index (χ0n) is 14.4. The van der Waals surface area contributed by atoms with Crippen LogP contribution in [0.3, 0.4) is 0 Å². The molecule has 2 fully saturated rings. The van der Waals surface area contributed by atoms with Crippen molar-refractivity contribution in [1.29, 1.82) is 0 Å². The monoisotopic (exact) mass is 357 g/mol. The van der Waals surface area contributed by atoms with Gasteiger partial charge in [-0.05, 0) is 30.5 Å². The molecule has 2 atom stereocenters. The number of rotatable bonds is 3. The predicted molar refractivity (Wildman–Crippen MR) is 97.7 cm³/mol. The zero-order chi connectivity index (χ0) is 17.2. The molecule has 0 spiro atoms. The molecule has 5 nitrogen and oxygen atoms in total. The highest BCUT2D eigenvalue weighted by Crippen LogP contribution is 2.26. The van der Waals surface area contributed by atoms with Gasteiger partial charge in [-0.3, -0.25) is 9.69 Å². The Morgan fingerprint density at radius 2 is 2.20 bits per heavy atom. The van der Waals surface area contributed by atoms with Crippen molar-refractivity contribution >= 4 is 17.2 Å². The quantitative estimate of drug-likeness (QED) is 0.846. The maximum Gasteiger partial charge on any atom is 0.272 e. The van der Waals surface area contributed by atoms with Crippen molar-refractivity contribution in [3.8, 4) is 0 Å². The average molecular weight is 357 g/mol. The van der Waals surface area contributed by atoms with Gasteiger partial charge < -0.3 is 9.64 Å². The summed E-state index contributed by atoms with van der Waals surface area (Å²) in [5, 5.41) is 2.12. The molecule has 132 valence electrons. The molecule has 0 saturated carbocycles. The first-order chi connectivity index (χ1) is 12.2. The van der Waals surface area contributed by atoms with Gasteiger partial charge in [0.2, 0.25) is 0 Å². The molecule has 0 unspecified atom stereocenters. The van der Waals surface area contributed by atoms with Crippen LogP contribution in [0.4, 0.5) is 0 Å². The van der Waals surface area contributed by atoms with E-state index in [0.29, 0.717) is 18.2 Å². The van der Waals surface area contributed by atoms with Gasteiger partial charge >= 0.3 is 0 Å². The number of thiophene rings is 1. The molecule has 2 saturated heterocycles. The van der Waals surface area contributed by atoms with E-state index in [1.807, 2.05) is 24.0 Å². The van der Waals surface area contributed by atoms with Crippen molar-refractivity contribution < 1.29 is 9.53 Å². The highest BCUT2D eigenvalue weighted by Gasteiger charge is 2.39. The minimum Gasteiger partial charge on any atom is -0.375 e. The van der Waals surface area contributed by atoms with Crippen LogP contribution in [0.15, 0.2) is 35.7 Å². The summed E-state index contributed by atoms with van der Waals surface area (Å²) in [5.41, 5.74) is 1.41. The lowest BCUT2D eigenvalue weighted by Crippen LogP contribution is -2.33. The van der Waals surface area contributed by atoms with E-state index in [1.54, 1.807) is 17.4 Å². The third-order valence-electron chi connectivity index (χ3n) is 4.97. The van der Waals surface area contributed by atoms with Crippen molar-refractivity contribution in [2.45, 2.75) is 19.6 Å². The van der Waals surface area contributed by atoms with Crippen LogP contribution in [0.2, 0.25) is 0 Å². The molecule has 0 aromatic carbocycles. The number of carbonyl (C=O) groups is 1. The maximum atomic E-state index is 12.8. The summed E-state index contributed by atoms with van der Waals surface area (Å²) >= 11 is 1.80. The highest BCUT2D eigenvalue weighted by atomic mass is 32.1. The molecule has 0 radical (unpaired) electrons. The Balaban J connectivity index is 1.42. The van der Waals surface area contributed by atoms with Gasteiger partial charge in [-0.15, -0.1) is 11.3 Å². The third-order valence-corrected chi connectivity index (χ3v) is 5.83. The summed E-state index contributed by atoms with van der Waals surface area (Å²) in [6.45, 7) is 6.98. The second-order valence-corrected chi connectivity index (χ2v) is 7.89. The van der Waals surface area contributed by atoms with Crippen molar-refractivity contribution in [3.63, 3.8) is 0 Å². The molecule has 2 aliphatic heterocycles. The first-order valence-electron chi connectivity index (χ1n) is 8.78. The van der Waals surface area contributed by atoms with Crippen molar-refractivity contribution in [2.75, 3.05) is 32.8 Å². The number of carbonyl (C=O) groups excluding carboxylic acids is 1. The molecule has 0 aliphatic carbocycles. The molecule has 2 aromatic heterocycles. The molecule has 4 rings (SSSR count). The number of likely N-dealkylation sites (tertiary alicyclic amines) is 1. The van der Waals surface area contributed by atoms with E-state index < -0.39 is 0 Å². The molecule has 4 heterocycles. The molecule has 6 heteroatoms. The summed E-state index contributed by atoms with van der Waals surface area (Å²) < 4.78 is 6.06. The standard InChI is InChI=1S/C19H23N3O2S/c1-14-4-2-6-17(20-14)19(23)22-11-15-10-21(7-8-24-18(15)13-22)12-16-5-3-9-25-16/h2-6,9,15,18H,7-8,10-13H2,1H3/t15-,18+/m0/s1. The van der Waals surface area contributed by atoms with Crippen LogP contribution in [0.5, 0.6) is 0 Å². The Kier molecular flexibility index (Phi) is 4.83. The van der Waals surface area contributed by atoms with E-state index in [1.165, 1.54) is 4.88 Å². The molecule has 25 heavy (non-hydrogen) atoms. The first kappa shape index (κ1) is 16.7. The summed E-state index contributed by atoms with van der Waals surface area (Å²) in [6.07, 6.45) is 0.141. The van der Waals surface area contributed by atoms with E-state index in [-0.39, 0.29) is 12.0 Å². The van der Waals surface area contributed by atoms with Gasteiger partial charge in [-0.2, -0.15) is 0 Å². The van der Waals surface area contributed by atoms with E-state index in [9.17, 15) is 4.79 Å². The minimum absolute atomic E-state index is 0.0187. The number of aromatic nitrogens is 1. The largest absolute Gasteiger partial charge is 0.375 e. The molecular formula is C19H23N3O2S. The molecule has 0 N–H and O–H groups in total. The normalized spacial score (nSPS) is 24.1. The Morgan fingerprint density at radius 3 is 3.00 bits per heavy atom. The Bertz CT molecular complexity index is 734. The van der Waals surface area contributed by atoms with E-state index >= 15 is 0 Å². The fourth-order valence-corrected chi connectivity index (χ4v) is 4.46. The molecule has 0 bridgehead atoms. The number of aryl methyl sites for hydroxylation is 1. The summed E-state index contributed by atoms with van der Waals surface area (Å²) in [7, 11) is 0. The van der Waals surface area contributed by atoms with Crippen LogP contribution in [-0.4, -0.2) is 59.6 Å². The van der Waals surface area contributed by atoms with Gasteiger partial charge in [-0.25, -0.2) is 4.98 Å². The lowest BCUT2D eigenvalue weighted by molar-refractivity contribution is 0.0482. The Hall–Kier alpha value is -1.76. The third kappa shape index (κ3) is 3.76. The van der Waals surface area contributed by atoms with E-state index in [2.05, 4.69) is 27.4 Å². The van der Waals surface area contributed by atoms with Gasteiger partial charge in [0.05, 0.1) is 12.7 Å². The first-order valence-corrected chi connectivity index (χ1v) is 9.66. The van der Waals surface area contributed by atoms with Crippen LogP contribution in [0, 0.1) is 12.8 Å². The number of hydrogen-bond donors (Lipinski definition) is 0. The van der Waals surface area contributed by atoms with Crippen LogP contribution >= 0.6 is 11.3 Å². The smallest absolute Gasteiger partial charge is 0.272 e. The number of hydrogen-bond acceptors (Lipinski definition) is 5. The van der Waals surface area contributed by atoms with Crippen molar-refractivity contribution in [2.24, 2.45) is 5.92 Å². The van der Waals surface area contributed by atoms with Crippen LogP contribution in [0.25, 0.3) is 0 Å². The van der Waals surface area contributed by atoms with E-state index in [4.69, 9.17) is 4.74 Å². The minimum atomic E-state index is 0.0187. The fourth-order valence-electron chi connectivity index (χ4n) is 3.72. The number of ether oxygens (including phenoxy) is 1. The van der Waals surface area contributed by atoms with Crippen molar-refractivity contribution in [3.05, 3.63) is 52.0 Å². The molecular weight excluding hydrogens is 334 g/mol. The maximum absolute atomic E-state index is 12.8. The number of fused-ring (bicyclic) bond motifs is 1. The number of pyridine rings is 1. The average Bonchev–Trinajstić information content (AvgIpc) is 3.21. The lowest BCUT2D eigenvalue weighted by atomic mass is 10.1. The highest BCUT2D eigenvalue weighted by molar-refractivity contribution is 7.09. The molecule has 1 amide bonds.